The maximum Gasteiger partial charge on any atom is 0.422 e. The molecule has 1 atom stereocenters. The normalized spacial score (nSPS) is 12.9. The van der Waals surface area contributed by atoms with Gasteiger partial charge in [0.15, 0.2) is 0 Å². The molecule has 0 saturated heterocycles. The summed E-state index contributed by atoms with van der Waals surface area (Å²) in [6, 6.07) is 6.70. The van der Waals surface area contributed by atoms with E-state index in [1.54, 1.807) is 39.0 Å². The van der Waals surface area contributed by atoms with Crippen molar-refractivity contribution in [2.45, 2.75) is 39.3 Å². The van der Waals surface area contributed by atoms with Crippen molar-refractivity contribution in [2.75, 3.05) is 0 Å². The van der Waals surface area contributed by atoms with Crippen LogP contribution in [0.2, 0.25) is 0 Å². The molecule has 1 unspecified atom stereocenters. The first-order chi connectivity index (χ1) is 8.28. The molecule has 0 spiro atoms. The summed E-state index contributed by atoms with van der Waals surface area (Å²) in [6.45, 7) is 7.26. The lowest BCUT2D eigenvalue weighted by Crippen LogP contribution is -2.42. The van der Waals surface area contributed by atoms with E-state index < -0.39 is 11.7 Å². The van der Waals surface area contributed by atoms with E-state index in [4.69, 9.17) is 4.74 Å². The molecule has 100 valence electrons. The van der Waals surface area contributed by atoms with Crippen molar-refractivity contribution in [1.29, 1.82) is 0 Å². The van der Waals surface area contributed by atoms with Crippen LogP contribution < -0.4 is 10.9 Å². The van der Waals surface area contributed by atoms with Gasteiger partial charge in [-0.2, -0.15) is 0 Å². The van der Waals surface area contributed by atoms with Crippen LogP contribution in [-0.4, -0.2) is 16.8 Å². The van der Waals surface area contributed by atoms with Gasteiger partial charge in [-0.25, -0.2) is 10.2 Å². The summed E-state index contributed by atoms with van der Waals surface area (Å²) >= 11 is 0. The minimum Gasteiger partial charge on any atom is -0.508 e. The van der Waals surface area contributed by atoms with Crippen LogP contribution in [0.3, 0.4) is 0 Å². The second kappa shape index (κ2) is 5.73. The number of hydrogen-bond acceptors (Lipinski definition) is 4. The van der Waals surface area contributed by atoms with E-state index in [0.717, 1.165) is 5.56 Å². The van der Waals surface area contributed by atoms with Gasteiger partial charge in [-0.1, -0.05) is 12.1 Å². The van der Waals surface area contributed by atoms with Gasteiger partial charge in [-0.05, 0) is 45.4 Å². The van der Waals surface area contributed by atoms with Gasteiger partial charge in [-0.3, -0.25) is 5.43 Å². The number of carbonyl (C=O) groups is 1. The number of phenolic OH excluding ortho intramolecular Hbond substituents is 1. The number of nitrogens with one attached hydrogen (secondary N) is 2. The molecule has 1 aromatic rings. The summed E-state index contributed by atoms with van der Waals surface area (Å²) in [6.07, 6.45) is -0.533. The number of rotatable bonds is 3. The second-order valence-corrected chi connectivity index (χ2v) is 5.09. The number of hydrogen-bond donors (Lipinski definition) is 3. The summed E-state index contributed by atoms with van der Waals surface area (Å²) in [5.74, 6) is 0.193. The van der Waals surface area contributed by atoms with E-state index in [2.05, 4.69) is 10.9 Å². The van der Waals surface area contributed by atoms with Crippen molar-refractivity contribution in [3.63, 3.8) is 0 Å². The highest BCUT2D eigenvalue weighted by atomic mass is 16.6. The van der Waals surface area contributed by atoms with Crippen molar-refractivity contribution in [2.24, 2.45) is 0 Å². The van der Waals surface area contributed by atoms with E-state index in [0.29, 0.717) is 0 Å². The Morgan fingerprint density at radius 3 is 2.61 bits per heavy atom. The number of amides is 1. The van der Waals surface area contributed by atoms with E-state index in [1.807, 2.05) is 13.0 Å². The van der Waals surface area contributed by atoms with Gasteiger partial charge in [0.05, 0.1) is 0 Å². The third-order valence-electron chi connectivity index (χ3n) is 2.16. The molecule has 0 aliphatic heterocycles. The Morgan fingerprint density at radius 2 is 2.06 bits per heavy atom. The van der Waals surface area contributed by atoms with Gasteiger partial charge in [0.25, 0.3) is 0 Å². The Hall–Kier alpha value is -1.75. The van der Waals surface area contributed by atoms with Crippen LogP contribution in [0.4, 0.5) is 4.79 Å². The zero-order valence-corrected chi connectivity index (χ0v) is 11.2. The lowest BCUT2D eigenvalue weighted by atomic mass is 10.1. The van der Waals surface area contributed by atoms with Crippen molar-refractivity contribution < 1.29 is 14.6 Å². The van der Waals surface area contributed by atoms with Crippen LogP contribution in [0.1, 0.15) is 39.3 Å². The van der Waals surface area contributed by atoms with E-state index in [1.165, 1.54) is 0 Å². The molecule has 1 amide bonds. The van der Waals surface area contributed by atoms with Gasteiger partial charge in [0.1, 0.15) is 11.4 Å². The first-order valence-corrected chi connectivity index (χ1v) is 5.81. The third kappa shape index (κ3) is 5.05. The van der Waals surface area contributed by atoms with Crippen LogP contribution >= 0.6 is 0 Å². The quantitative estimate of drug-likeness (QED) is 0.723. The number of ether oxygens (including phenoxy) is 1. The molecular formula is C13H20N2O3. The smallest absolute Gasteiger partial charge is 0.422 e. The fourth-order valence-corrected chi connectivity index (χ4v) is 1.35. The summed E-state index contributed by atoms with van der Waals surface area (Å²) in [5, 5.41) is 9.35. The number of hydrazine groups is 1. The van der Waals surface area contributed by atoms with Crippen molar-refractivity contribution in [3.05, 3.63) is 29.8 Å². The molecular weight excluding hydrogens is 232 g/mol. The summed E-state index contributed by atoms with van der Waals surface area (Å²) < 4.78 is 5.09. The maximum absolute atomic E-state index is 11.4. The molecule has 1 aromatic carbocycles. The molecule has 18 heavy (non-hydrogen) atoms. The summed E-state index contributed by atoms with van der Waals surface area (Å²) in [5.41, 5.74) is 5.62. The van der Waals surface area contributed by atoms with Crippen LogP contribution in [-0.2, 0) is 4.74 Å². The van der Waals surface area contributed by atoms with Gasteiger partial charge >= 0.3 is 6.09 Å². The standard InChI is InChI=1S/C13H20N2O3/c1-9(10-6-5-7-11(16)8-10)14-15-12(17)18-13(2,3)4/h5-9,14,16H,1-4H3,(H,15,17). The molecule has 0 saturated carbocycles. The molecule has 0 aliphatic carbocycles. The first-order valence-electron chi connectivity index (χ1n) is 5.81. The minimum atomic E-state index is -0.533. The third-order valence-corrected chi connectivity index (χ3v) is 2.16. The highest BCUT2D eigenvalue weighted by molar-refractivity contribution is 5.67. The molecule has 0 heterocycles. The fraction of sp³-hybridized carbons (Fsp3) is 0.462. The van der Waals surface area contributed by atoms with Gasteiger partial charge in [-0.15, -0.1) is 0 Å². The SMILES string of the molecule is CC(NNC(=O)OC(C)(C)C)c1cccc(O)c1. The molecule has 3 N–H and O–H groups in total. The largest absolute Gasteiger partial charge is 0.508 e. The second-order valence-electron chi connectivity index (χ2n) is 5.09. The summed E-state index contributed by atoms with van der Waals surface area (Å²) in [4.78, 5) is 11.4. The predicted molar refractivity (Wildman–Crippen MR) is 69.0 cm³/mol. The lowest BCUT2D eigenvalue weighted by Gasteiger charge is -2.21. The monoisotopic (exact) mass is 252 g/mol. The van der Waals surface area contributed by atoms with Gasteiger partial charge in [0.2, 0.25) is 0 Å². The minimum absolute atomic E-state index is 0.135. The molecule has 0 fully saturated rings. The lowest BCUT2D eigenvalue weighted by molar-refractivity contribution is 0.0489. The van der Waals surface area contributed by atoms with E-state index in [9.17, 15) is 9.90 Å². The Morgan fingerprint density at radius 1 is 1.39 bits per heavy atom. The van der Waals surface area contributed by atoms with E-state index >= 15 is 0 Å². The van der Waals surface area contributed by atoms with Crippen LogP contribution in [0.25, 0.3) is 0 Å². The van der Waals surface area contributed by atoms with Gasteiger partial charge in [0, 0.05) is 6.04 Å². The molecule has 0 radical (unpaired) electrons. The van der Waals surface area contributed by atoms with Crippen LogP contribution in [0.5, 0.6) is 5.75 Å². The zero-order chi connectivity index (χ0) is 13.8. The Balaban J connectivity index is 2.46. The molecule has 1 rings (SSSR count). The highest BCUT2D eigenvalue weighted by Gasteiger charge is 2.16. The molecule has 5 nitrogen and oxygen atoms in total. The zero-order valence-electron chi connectivity index (χ0n) is 11.2. The Kier molecular flexibility index (Phi) is 4.55. The number of benzene rings is 1. The molecule has 0 aromatic heterocycles. The highest BCUT2D eigenvalue weighted by Crippen LogP contribution is 2.17. The van der Waals surface area contributed by atoms with Crippen LogP contribution in [0, 0.1) is 0 Å². The summed E-state index contributed by atoms with van der Waals surface area (Å²) in [7, 11) is 0. The van der Waals surface area contributed by atoms with Crippen LogP contribution in [0.15, 0.2) is 24.3 Å². The van der Waals surface area contributed by atoms with Crippen molar-refractivity contribution in [1.82, 2.24) is 10.9 Å². The number of aromatic hydroxyl groups is 1. The Labute approximate surface area is 107 Å². The topological polar surface area (TPSA) is 70.6 Å². The van der Waals surface area contributed by atoms with Gasteiger partial charge < -0.3 is 9.84 Å². The molecule has 5 heteroatoms. The van der Waals surface area contributed by atoms with Crippen molar-refractivity contribution in [3.8, 4) is 5.75 Å². The average Bonchev–Trinajstić information content (AvgIpc) is 2.23. The number of phenols is 1. The number of carbonyl (C=O) groups excluding carboxylic acids is 1. The molecule has 0 aliphatic rings. The average molecular weight is 252 g/mol. The van der Waals surface area contributed by atoms with Crippen molar-refractivity contribution >= 4 is 6.09 Å². The predicted octanol–water partition coefficient (Wildman–Crippen LogP) is 2.48. The fourth-order valence-electron chi connectivity index (χ4n) is 1.35. The maximum atomic E-state index is 11.4. The first kappa shape index (κ1) is 14.3. The Bertz CT molecular complexity index is 413. The molecule has 0 bridgehead atoms. The van der Waals surface area contributed by atoms with E-state index in [-0.39, 0.29) is 11.8 Å².